The second-order valence-corrected chi connectivity index (χ2v) is 9.66. The molecule has 9 nitrogen and oxygen atoms in total. The predicted molar refractivity (Wildman–Crippen MR) is 109 cm³/mol. The number of rotatable bonds is 3. The molecule has 1 atom stereocenters. The van der Waals surface area contributed by atoms with Crippen molar-refractivity contribution < 1.29 is 8.95 Å². The molecular weight excluding hydrogens is 378 g/mol. The zero-order chi connectivity index (χ0) is 19.9. The van der Waals surface area contributed by atoms with Gasteiger partial charge in [0.25, 0.3) is 0 Å². The van der Waals surface area contributed by atoms with Crippen LogP contribution in [0.4, 0.5) is 11.6 Å². The van der Waals surface area contributed by atoms with E-state index in [2.05, 4.69) is 31.1 Å². The van der Waals surface area contributed by atoms with Crippen LogP contribution in [-0.4, -0.2) is 67.0 Å². The molecular formula is C18H23N7O2S. The molecule has 0 saturated carbocycles. The molecule has 0 N–H and O–H groups in total. The second kappa shape index (κ2) is 7.10. The average Bonchev–Trinajstić information content (AvgIpc) is 2.96. The van der Waals surface area contributed by atoms with Gasteiger partial charge >= 0.3 is 0 Å². The van der Waals surface area contributed by atoms with Crippen LogP contribution in [-0.2, 0) is 14.5 Å². The molecule has 1 aliphatic rings. The van der Waals surface area contributed by atoms with Gasteiger partial charge in [0.05, 0.1) is 24.8 Å². The maximum absolute atomic E-state index is 12.3. The largest absolute Gasteiger partial charge is 0.377 e. The van der Waals surface area contributed by atoms with Gasteiger partial charge in [0.2, 0.25) is 5.95 Å². The van der Waals surface area contributed by atoms with Crippen LogP contribution in [0, 0.1) is 6.92 Å². The highest BCUT2D eigenvalue weighted by Gasteiger charge is 2.23. The summed E-state index contributed by atoms with van der Waals surface area (Å²) in [6.07, 6.45) is 4.89. The third-order valence-electron chi connectivity index (χ3n) is 4.46. The van der Waals surface area contributed by atoms with Gasteiger partial charge < -0.3 is 9.64 Å². The molecule has 0 spiro atoms. The van der Waals surface area contributed by atoms with Gasteiger partial charge in [0.15, 0.2) is 11.5 Å². The number of hydrogen-bond donors (Lipinski definition) is 0. The van der Waals surface area contributed by atoms with E-state index in [1.807, 2.05) is 23.6 Å². The third kappa shape index (κ3) is 3.69. The molecule has 1 fully saturated rings. The van der Waals surface area contributed by atoms with Crippen molar-refractivity contribution in [3.05, 3.63) is 30.2 Å². The van der Waals surface area contributed by atoms with E-state index < -0.39 is 9.73 Å². The van der Waals surface area contributed by atoms with Gasteiger partial charge in [-0.2, -0.15) is 14.3 Å². The lowest BCUT2D eigenvalue weighted by Gasteiger charge is -2.34. The number of fused-ring (bicyclic) bond motifs is 1. The van der Waals surface area contributed by atoms with E-state index in [9.17, 15) is 4.21 Å². The van der Waals surface area contributed by atoms with Gasteiger partial charge in [-0.3, -0.25) is 4.57 Å². The number of imidazole rings is 1. The van der Waals surface area contributed by atoms with Crippen LogP contribution in [0.5, 0.6) is 0 Å². The van der Waals surface area contributed by atoms with Crippen LogP contribution < -0.4 is 4.90 Å². The number of aromatic nitrogens is 5. The van der Waals surface area contributed by atoms with Crippen molar-refractivity contribution in [1.29, 1.82) is 0 Å². The Morgan fingerprint density at radius 1 is 1.29 bits per heavy atom. The summed E-state index contributed by atoms with van der Waals surface area (Å²) in [6.45, 7) is 5.94. The Bertz CT molecular complexity index is 1140. The minimum absolute atomic E-state index is 0.166. The summed E-state index contributed by atoms with van der Waals surface area (Å²) in [4.78, 5) is 20.3. The molecule has 0 unspecified atom stereocenters. The molecule has 0 amide bonds. The number of aryl methyl sites for hydroxylation is 1. The molecule has 1 saturated heterocycles. The fourth-order valence-electron chi connectivity index (χ4n) is 3.28. The van der Waals surface area contributed by atoms with Crippen molar-refractivity contribution in [1.82, 2.24) is 24.5 Å². The number of hydrogen-bond acceptors (Lipinski definition) is 8. The van der Waals surface area contributed by atoms with Crippen LogP contribution >= 0.6 is 0 Å². The van der Waals surface area contributed by atoms with Gasteiger partial charge in [0, 0.05) is 41.0 Å². The molecule has 10 heteroatoms. The number of nitrogens with zero attached hydrogens (tertiary/aromatic N) is 7. The van der Waals surface area contributed by atoms with E-state index in [-0.39, 0.29) is 6.04 Å². The fourth-order valence-corrected chi connectivity index (χ4v) is 3.82. The first kappa shape index (κ1) is 18.8. The predicted octanol–water partition coefficient (Wildman–Crippen LogP) is 2.10. The molecule has 1 aliphatic heterocycles. The van der Waals surface area contributed by atoms with E-state index in [0.29, 0.717) is 30.6 Å². The molecule has 4 heterocycles. The summed E-state index contributed by atoms with van der Waals surface area (Å²) >= 11 is 0. The SMILES string of the molecule is Cc1nc2ncccc2n1-c1nc(N=S(C)(C)=O)cc(N2CCOC[C@H]2C)n1. The average molecular weight is 401 g/mol. The van der Waals surface area contributed by atoms with Crippen LogP contribution in [0.25, 0.3) is 17.1 Å². The first-order chi connectivity index (χ1) is 13.3. The highest BCUT2D eigenvalue weighted by molar-refractivity contribution is 7.92. The Balaban J connectivity index is 1.93. The highest BCUT2D eigenvalue weighted by atomic mass is 32.2. The molecule has 0 radical (unpaired) electrons. The molecule has 4 rings (SSSR count). The number of ether oxygens (including phenoxy) is 1. The minimum Gasteiger partial charge on any atom is -0.377 e. The van der Waals surface area contributed by atoms with E-state index in [0.717, 1.165) is 23.7 Å². The maximum atomic E-state index is 12.3. The topological polar surface area (TPSA) is 98.4 Å². The zero-order valence-corrected chi connectivity index (χ0v) is 17.2. The van der Waals surface area contributed by atoms with Gasteiger partial charge in [-0.15, -0.1) is 0 Å². The summed E-state index contributed by atoms with van der Waals surface area (Å²) in [7, 11) is -2.37. The lowest BCUT2D eigenvalue weighted by Crippen LogP contribution is -2.44. The fraction of sp³-hybridized carbons (Fsp3) is 0.444. The highest BCUT2D eigenvalue weighted by Crippen LogP contribution is 2.26. The summed E-state index contributed by atoms with van der Waals surface area (Å²) in [5, 5.41) is 0. The molecule has 148 valence electrons. The van der Waals surface area contributed by atoms with Gasteiger partial charge in [-0.25, -0.2) is 14.2 Å². The monoisotopic (exact) mass is 401 g/mol. The van der Waals surface area contributed by atoms with Gasteiger partial charge in [-0.1, -0.05) is 0 Å². The van der Waals surface area contributed by atoms with Crippen molar-refractivity contribution in [2.24, 2.45) is 4.36 Å². The molecule has 0 aromatic carbocycles. The Kier molecular flexibility index (Phi) is 4.76. The van der Waals surface area contributed by atoms with Crippen molar-refractivity contribution >= 4 is 32.5 Å². The molecule has 0 bridgehead atoms. The Morgan fingerprint density at radius 2 is 2.11 bits per heavy atom. The van der Waals surface area contributed by atoms with Crippen molar-refractivity contribution in [2.45, 2.75) is 19.9 Å². The van der Waals surface area contributed by atoms with Crippen LogP contribution in [0.15, 0.2) is 28.8 Å². The number of anilines is 1. The smallest absolute Gasteiger partial charge is 0.239 e. The number of morpholine rings is 1. The zero-order valence-electron chi connectivity index (χ0n) is 16.4. The molecule has 0 aliphatic carbocycles. The number of pyridine rings is 1. The first-order valence-corrected chi connectivity index (χ1v) is 11.4. The third-order valence-corrected chi connectivity index (χ3v) is 5.09. The van der Waals surface area contributed by atoms with E-state index in [1.54, 1.807) is 24.8 Å². The second-order valence-electron chi connectivity index (χ2n) is 7.11. The summed E-state index contributed by atoms with van der Waals surface area (Å²) < 4.78 is 24.0. The van der Waals surface area contributed by atoms with Gasteiger partial charge in [0.1, 0.15) is 11.6 Å². The maximum Gasteiger partial charge on any atom is 0.239 e. The van der Waals surface area contributed by atoms with E-state index >= 15 is 0 Å². The quantitative estimate of drug-likeness (QED) is 0.663. The molecule has 3 aromatic heterocycles. The van der Waals surface area contributed by atoms with Crippen molar-refractivity contribution in [3.63, 3.8) is 0 Å². The van der Waals surface area contributed by atoms with Crippen LogP contribution in [0.1, 0.15) is 12.7 Å². The van der Waals surface area contributed by atoms with Crippen LogP contribution in [0.3, 0.4) is 0 Å². The van der Waals surface area contributed by atoms with Gasteiger partial charge in [-0.05, 0) is 26.0 Å². The summed E-state index contributed by atoms with van der Waals surface area (Å²) in [5.74, 6) is 2.28. The molecule has 28 heavy (non-hydrogen) atoms. The van der Waals surface area contributed by atoms with Crippen molar-refractivity contribution in [3.8, 4) is 5.95 Å². The molecule has 3 aromatic rings. The van der Waals surface area contributed by atoms with E-state index in [4.69, 9.17) is 9.72 Å². The first-order valence-electron chi connectivity index (χ1n) is 9.03. The Hall–Kier alpha value is -2.59. The Morgan fingerprint density at radius 3 is 2.86 bits per heavy atom. The Labute approximate surface area is 164 Å². The lowest BCUT2D eigenvalue weighted by atomic mass is 10.2. The normalized spacial score (nSPS) is 17.9. The standard InChI is InChI=1S/C18H23N7O2S/c1-12-11-27-9-8-24(12)16-10-15(23-28(3,4)26)21-18(22-16)25-13(2)20-17-14(25)6-5-7-19-17/h5-7,10,12H,8-9,11H2,1-4H3/t12-/m1/s1. The van der Waals surface area contributed by atoms with Crippen molar-refractivity contribution in [2.75, 3.05) is 37.2 Å². The van der Waals surface area contributed by atoms with E-state index in [1.165, 1.54) is 0 Å². The summed E-state index contributed by atoms with van der Waals surface area (Å²) in [6, 6.07) is 5.73. The van der Waals surface area contributed by atoms with Crippen LogP contribution in [0.2, 0.25) is 0 Å². The lowest BCUT2D eigenvalue weighted by molar-refractivity contribution is 0.0985. The summed E-state index contributed by atoms with van der Waals surface area (Å²) in [5.41, 5.74) is 1.44. The minimum atomic E-state index is -2.37.